The van der Waals surface area contributed by atoms with Gasteiger partial charge in [0, 0.05) is 30.2 Å². The first-order valence-corrected chi connectivity index (χ1v) is 6.19. The van der Waals surface area contributed by atoms with Crippen LogP contribution < -0.4 is 4.90 Å². The summed E-state index contributed by atoms with van der Waals surface area (Å²) in [7, 11) is 0. The number of anilines is 1. The van der Waals surface area contributed by atoms with E-state index in [9.17, 15) is 5.11 Å². The SMILES string of the molecule is CC1c2ccccc2CN1c1ccncc1CO. The zero-order valence-electron chi connectivity index (χ0n) is 10.4. The van der Waals surface area contributed by atoms with E-state index in [4.69, 9.17) is 0 Å². The maximum absolute atomic E-state index is 9.42. The largest absolute Gasteiger partial charge is 0.392 e. The first-order valence-electron chi connectivity index (χ1n) is 6.19. The van der Waals surface area contributed by atoms with Crippen LogP contribution in [-0.4, -0.2) is 10.1 Å². The third-order valence-corrected chi connectivity index (χ3v) is 3.67. The average Bonchev–Trinajstić information content (AvgIpc) is 2.76. The van der Waals surface area contributed by atoms with Crippen LogP contribution >= 0.6 is 0 Å². The maximum Gasteiger partial charge on any atom is 0.0717 e. The highest BCUT2D eigenvalue weighted by Gasteiger charge is 2.27. The van der Waals surface area contributed by atoms with Gasteiger partial charge < -0.3 is 10.0 Å². The Bertz CT molecular complexity index is 568. The van der Waals surface area contributed by atoms with Gasteiger partial charge in [-0.15, -0.1) is 0 Å². The fraction of sp³-hybridized carbons (Fsp3) is 0.267. The quantitative estimate of drug-likeness (QED) is 0.876. The normalized spacial score (nSPS) is 17.9. The molecule has 1 aromatic carbocycles. The van der Waals surface area contributed by atoms with Gasteiger partial charge in [-0.1, -0.05) is 24.3 Å². The Labute approximate surface area is 107 Å². The molecule has 0 saturated heterocycles. The summed E-state index contributed by atoms with van der Waals surface area (Å²) in [6.45, 7) is 3.13. The average molecular weight is 240 g/mol. The second-order valence-corrected chi connectivity index (χ2v) is 4.67. The number of pyridine rings is 1. The molecular formula is C15H16N2O. The second-order valence-electron chi connectivity index (χ2n) is 4.67. The Morgan fingerprint density at radius 3 is 2.94 bits per heavy atom. The van der Waals surface area contributed by atoms with Crippen molar-refractivity contribution in [1.82, 2.24) is 4.98 Å². The first-order chi connectivity index (χ1) is 8.81. The number of aliphatic hydroxyl groups excluding tert-OH is 1. The van der Waals surface area contributed by atoms with Gasteiger partial charge in [0.05, 0.1) is 12.6 Å². The van der Waals surface area contributed by atoms with Gasteiger partial charge in [0.15, 0.2) is 0 Å². The molecule has 0 aliphatic carbocycles. The monoisotopic (exact) mass is 240 g/mol. The predicted molar refractivity (Wildman–Crippen MR) is 71.2 cm³/mol. The molecule has 0 bridgehead atoms. The first kappa shape index (κ1) is 11.2. The summed E-state index contributed by atoms with van der Waals surface area (Å²) in [6.07, 6.45) is 3.52. The molecule has 1 aliphatic rings. The minimum Gasteiger partial charge on any atom is -0.392 e. The summed E-state index contributed by atoms with van der Waals surface area (Å²) in [5.41, 5.74) is 4.71. The van der Waals surface area contributed by atoms with Crippen LogP contribution in [0.4, 0.5) is 5.69 Å². The number of hydrogen-bond donors (Lipinski definition) is 1. The van der Waals surface area contributed by atoms with Crippen LogP contribution in [-0.2, 0) is 13.2 Å². The van der Waals surface area contributed by atoms with E-state index in [1.165, 1.54) is 11.1 Å². The topological polar surface area (TPSA) is 36.4 Å². The van der Waals surface area contributed by atoms with Crippen LogP contribution in [0.15, 0.2) is 42.7 Å². The molecule has 2 aromatic rings. The Morgan fingerprint density at radius 2 is 2.17 bits per heavy atom. The van der Waals surface area contributed by atoms with Crippen molar-refractivity contribution < 1.29 is 5.11 Å². The van der Waals surface area contributed by atoms with E-state index in [-0.39, 0.29) is 6.61 Å². The molecule has 3 nitrogen and oxygen atoms in total. The summed E-state index contributed by atoms with van der Waals surface area (Å²) >= 11 is 0. The van der Waals surface area contributed by atoms with Gasteiger partial charge in [-0.2, -0.15) is 0 Å². The fourth-order valence-electron chi connectivity index (χ4n) is 2.69. The predicted octanol–water partition coefficient (Wildman–Crippen LogP) is 2.66. The van der Waals surface area contributed by atoms with Gasteiger partial charge in [0.2, 0.25) is 0 Å². The molecule has 1 aromatic heterocycles. The van der Waals surface area contributed by atoms with Crippen LogP contribution in [0.2, 0.25) is 0 Å². The van der Waals surface area contributed by atoms with Crippen molar-refractivity contribution in [3.63, 3.8) is 0 Å². The Balaban J connectivity index is 2.01. The zero-order valence-corrected chi connectivity index (χ0v) is 10.4. The van der Waals surface area contributed by atoms with Gasteiger partial charge in [-0.3, -0.25) is 4.98 Å². The molecule has 18 heavy (non-hydrogen) atoms. The van der Waals surface area contributed by atoms with Crippen molar-refractivity contribution in [2.75, 3.05) is 4.90 Å². The Morgan fingerprint density at radius 1 is 1.33 bits per heavy atom. The molecule has 0 amide bonds. The van der Waals surface area contributed by atoms with Crippen LogP contribution in [0.25, 0.3) is 0 Å². The Hall–Kier alpha value is -1.87. The molecule has 0 spiro atoms. The number of aromatic nitrogens is 1. The number of rotatable bonds is 2. The highest BCUT2D eigenvalue weighted by molar-refractivity contribution is 5.57. The van der Waals surface area contributed by atoms with Gasteiger partial charge >= 0.3 is 0 Å². The summed E-state index contributed by atoms with van der Waals surface area (Å²) in [5, 5.41) is 9.42. The van der Waals surface area contributed by atoms with E-state index >= 15 is 0 Å². The molecule has 2 heterocycles. The van der Waals surface area contributed by atoms with Gasteiger partial charge in [0.25, 0.3) is 0 Å². The van der Waals surface area contributed by atoms with Gasteiger partial charge in [0.1, 0.15) is 0 Å². The molecule has 1 unspecified atom stereocenters. The highest BCUT2D eigenvalue weighted by atomic mass is 16.3. The van der Waals surface area contributed by atoms with Crippen LogP contribution in [0.5, 0.6) is 0 Å². The van der Waals surface area contributed by atoms with Crippen LogP contribution in [0.1, 0.15) is 29.7 Å². The standard InChI is InChI=1S/C15H16N2O/c1-11-14-5-3-2-4-12(14)9-17(11)15-6-7-16-8-13(15)10-18/h2-8,11,18H,9-10H2,1H3. The van der Waals surface area contributed by atoms with E-state index < -0.39 is 0 Å². The smallest absolute Gasteiger partial charge is 0.0717 e. The van der Waals surface area contributed by atoms with Crippen molar-refractivity contribution >= 4 is 5.69 Å². The number of benzene rings is 1. The third kappa shape index (κ3) is 1.68. The number of aliphatic hydroxyl groups is 1. The van der Waals surface area contributed by atoms with Gasteiger partial charge in [-0.05, 0) is 24.1 Å². The van der Waals surface area contributed by atoms with Crippen molar-refractivity contribution in [1.29, 1.82) is 0 Å². The van der Waals surface area contributed by atoms with Crippen LogP contribution in [0.3, 0.4) is 0 Å². The van der Waals surface area contributed by atoms with Crippen molar-refractivity contribution in [2.24, 2.45) is 0 Å². The summed E-state index contributed by atoms with van der Waals surface area (Å²) in [4.78, 5) is 6.39. The summed E-state index contributed by atoms with van der Waals surface area (Å²) in [6, 6.07) is 10.8. The zero-order chi connectivity index (χ0) is 12.5. The molecule has 3 rings (SSSR count). The number of hydrogen-bond acceptors (Lipinski definition) is 3. The lowest BCUT2D eigenvalue weighted by molar-refractivity contribution is 0.281. The van der Waals surface area contributed by atoms with E-state index in [2.05, 4.69) is 41.1 Å². The molecule has 1 atom stereocenters. The van der Waals surface area contributed by atoms with Crippen LogP contribution in [0, 0.1) is 0 Å². The molecular weight excluding hydrogens is 224 g/mol. The fourth-order valence-corrected chi connectivity index (χ4v) is 2.69. The lowest BCUT2D eigenvalue weighted by atomic mass is 10.1. The molecule has 92 valence electrons. The van der Waals surface area contributed by atoms with Crippen molar-refractivity contribution in [3.05, 3.63) is 59.4 Å². The lowest BCUT2D eigenvalue weighted by Crippen LogP contribution is -2.20. The second kappa shape index (κ2) is 4.42. The summed E-state index contributed by atoms with van der Waals surface area (Å²) < 4.78 is 0. The number of nitrogens with zero attached hydrogens (tertiary/aromatic N) is 2. The molecule has 0 radical (unpaired) electrons. The lowest BCUT2D eigenvalue weighted by Gasteiger charge is -2.26. The molecule has 3 heteroatoms. The molecule has 1 N–H and O–H groups in total. The molecule has 0 fully saturated rings. The maximum atomic E-state index is 9.42. The minimum atomic E-state index is 0.0305. The van der Waals surface area contributed by atoms with Gasteiger partial charge in [-0.25, -0.2) is 0 Å². The Kier molecular flexibility index (Phi) is 2.76. The highest BCUT2D eigenvalue weighted by Crippen LogP contribution is 2.38. The van der Waals surface area contributed by atoms with E-state index in [0.29, 0.717) is 6.04 Å². The molecule has 0 saturated carbocycles. The van der Waals surface area contributed by atoms with Crippen molar-refractivity contribution in [2.45, 2.75) is 26.1 Å². The molecule has 1 aliphatic heterocycles. The number of fused-ring (bicyclic) bond motifs is 1. The minimum absolute atomic E-state index is 0.0305. The summed E-state index contributed by atoms with van der Waals surface area (Å²) in [5.74, 6) is 0. The van der Waals surface area contributed by atoms with E-state index in [1.54, 1.807) is 12.4 Å². The van der Waals surface area contributed by atoms with E-state index in [0.717, 1.165) is 17.8 Å². The third-order valence-electron chi connectivity index (χ3n) is 3.67. The van der Waals surface area contributed by atoms with E-state index in [1.807, 2.05) is 6.07 Å². The van der Waals surface area contributed by atoms with Crippen molar-refractivity contribution in [3.8, 4) is 0 Å².